The van der Waals surface area contributed by atoms with E-state index in [9.17, 15) is 0 Å². The van der Waals surface area contributed by atoms with E-state index in [1.807, 2.05) is 0 Å². The summed E-state index contributed by atoms with van der Waals surface area (Å²) in [5.41, 5.74) is 2.88. The fraction of sp³-hybridized carbons (Fsp3) is 0.464. The van der Waals surface area contributed by atoms with Crippen molar-refractivity contribution >= 4 is 52.0 Å². The van der Waals surface area contributed by atoms with Gasteiger partial charge in [-0.1, -0.05) is 42.8 Å². The molecule has 4 aliphatic rings. The zero-order chi connectivity index (χ0) is 25.4. The van der Waals surface area contributed by atoms with Crippen LogP contribution in [0.3, 0.4) is 0 Å². The van der Waals surface area contributed by atoms with Gasteiger partial charge in [0.1, 0.15) is 11.0 Å². The highest BCUT2D eigenvalue weighted by Crippen LogP contribution is 2.60. The van der Waals surface area contributed by atoms with E-state index < -0.39 is 5.54 Å². The predicted molar refractivity (Wildman–Crippen MR) is 147 cm³/mol. The van der Waals surface area contributed by atoms with Crippen molar-refractivity contribution in [3.63, 3.8) is 0 Å². The van der Waals surface area contributed by atoms with E-state index in [0.29, 0.717) is 37.1 Å². The summed E-state index contributed by atoms with van der Waals surface area (Å²) in [5.74, 6) is 0.961. The first kappa shape index (κ1) is 23.5. The number of halogens is 2. The monoisotopic (exact) mass is 536 g/mol. The number of carbonyl (C=O) groups is 1. The van der Waals surface area contributed by atoms with Crippen LogP contribution in [0.15, 0.2) is 36.4 Å². The molecule has 2 fully saturated rings. The third-order valence-electron chi connectivity index (χ3n) is 9.26. The molecule has 9 heteroatoms. The minimum atomic E-state index is -0.676. The van der Waals surface area contributed by atoms with E-state index in [0.717, 1.165) is 38.8 Å². The van der Waals surface area contributed by atoms with Crippen LogP contribution < -0.4 is 4.90 Å². The molecule has 1 amide bonds. The fourth-order valence-corrected chi connectivity index (χ4v) is 8.02. The van der Waals surface area contributed by atoms with Crippen LogP contribution in [-0.2, 0) is 16.8 Å². The summed E-state index contributed by atoms with van der Waals surface area (Å²) in [5, 5.41) is 1.75. The molecule has 4 aliphatic heterocycles. The van der Waals surface area contributed by atoms with E-state index in [1.165, 1.54) is 22.2 Å². The standard InChI is InChI=1S/C28H30Cl2N6O/c1-2-27-9-5-11-35-12-8-20-19-6-3-4-7-21(19)36(13-10-27)24(20)28(27,35)25(37)34-16-14-33(15-17-34)23-18-22(29)31-26(30)32-23/h3-4,6-7,10,13,18H,2,5,8-9,11-12,14-17H2,1H3/t27-,28-/m1/s1. The maximum atomic E-state index is 15.0. The summed E-state index contributed by atoms with van der Waals surface area (Å²) in [6.07, 6.45) is 8.68. The van der Waals surface area contributed by atoms with E-state index in [1.54, 1.807) is 6.07 Å². The van der Waals surface area contributed by atoms with Gasteiger partial charge in [-0.2, -0.15) is 0 Å². The van der Waals surface area contributed by atoms with Gasteiger partial charge in [0.25, 0.3) is 0 Å². The number of piperidine rings is 1. The van der Waals surface area contributed by atoms with Gasteiger partial charge >= 0.3 is 0 Å². The van der Waals surface area contributed by atoms with Crippen molar-refractivity contribution in [1.29, 1.82) is 0 Å². The van der Waals surface area contributed by atoms with Gasteiger partial charge in [0.15, 0.2) is 5.54 Å². The zero-order valence-corrected chi connectivity index (χ0v) is 22.5. The summed E-state index contributed by atoms with van der Waals surface area (Å²) < 4.78 is 2.33. The van der Waals surface area contributed by atoms with Crippen LogP contribution in [0, 0.1) is 5.41 Å². The van der Waals surface area contributed by atoms with Crippen molar-refractivity contribution in [2.24, 2.45) is 5.41 Å². The van der Waals surface area contributed by atoms with Gasteiger partial charge in [-0.25, -0.2) is 9.97 Å². The maximum absolute atomic E-state index is 15.0. The normalized spacial score (nSPS) is 27.0. The molecule has 0 spiro atoms. The molecule has 0 unspecified atom stereocenters. The number of nitrogens with zero attached hydrogens (tertiary/aromatic N) is 6. The topological polar surface area (TPSA) is 57.5 Å². The maximum Gasteiger partial charge on any atom is 0.250 e. The Kier molecular flexibility index (Phi) is 5.37. The van der Waals surface area contributed by atoms with Crippen LogP contribution in [0.25, 0.3) is 17.1 Å². The lowest BCUT2D eigenvalue weighted by molar-refractivity contribution is -0.164. The summed E-state index contributed by atoms with van der Waals surface area (Å²) in [4.78, 5) is 30.1. The molecule has 1 aromatic carbocycles. The van der Waals surface area contributed by atoms with Gasteiger partial charge < -0.3 is 14.4 Å². The minimum Gasteiger partial charge on any atom is -0.353 e. The number of benzene rings is 1. The molecule has 0 saturated carbocycles. The third kappa shape index (κ3) is 3.14. The average Bonchev–Trinajstić information content (AvgIpc) is 3.26. The average molecular weight is 537 g/mol. The Morgan fingerprint density at radius 1 is 1.05 bits per heavy atom. The summed E-state index contributed by atoms with van der Waals surface area (Å²) in [7, 11) is 0. The molecule has 192 valence electrons. The highest BCUT2D eigenvalue weighted by atomic mass is 35.5. The number of para-hydroxylation sites is 1. The molecule has 3 aromatic rings. The molecule has 0 radical (unpaired) electrons. The smallest absolute Gasteiger partial charge is 0.250 e. The van der Waals surface area contributed by atoms with Gasteiger partial charge in [-0.3, -0.25) is 9.69 Å². The second-order valence-electron chi connectivity index (χ2n) is 10.7. The molecule has 2 atom stereocenters. The third-order valence-corrected chi connectivity index (χ3v) is 9.63. The SMILES string of the molecule is CC[C@]12C=Cn3c4c(c5ccccc53)CCN(CCC1)[C@@]42C(=O)N1CCN(c2cc(Cl)nc(Cl)n2)CC1. The lowest BCUT2D eigenvalue weighted by Gasteiger charge is -2.61. The molecule has 6 heterocycles. The Morgan fingerprint density at radius 3 is 2.65 bits per heavy atom. The zero-order valence-electron chi connectivity index (χ0n) is 21.0. The number of piperazine rings is 1. The predicted octanol–water partition coefficient (Wildman–Crippen LogP) is 4.81. The number of rotatable bonds is 3. The summed E-state index contributed by atoms with van der Waals surface area (Å²) in [6, 6.07) is 10.4. The summed E-state index contributed by atoms with van der Waals surface area (Å²) in [6.45, 7) is 6.75. The molecular formula is C28H30Cl2N6O. The largest absolute Gasteiger partial charge is 0.353 e. The van der Waals surface area contributed by atoms with Crippen LogP contribution in [0.5, 0.6) is 0 Å². The molecule has 0 N–H and O–H groups in total. The number of fused-ring (bicyclic) bond motifs is 3. The van der Waals surface area contributed by atoms with Crippen molar-refractivity contribution in [1.82, 2.24) is 24.3 Å². The Hall–Kier alpha value is -2.61. The van der Waals surface area contributed by atoms with E-state index in [-0.39, 0.29) is 16.6 Å². The minimum absolute atomic E-state index is 0.141. The number of carbonyl (C=O) groups excluding carboxylic acids is 1. The lowest BCUT2D eigenvalue weighted by atomic mass is 9.57. The Bertz CT molecular complexity index is 1420. The van der Waals surface area contributed by atoms with E-state index in [4.69, 9.17) is 23.2 Å². The molecule has 0 bridgehead atoms. The number of hydrogen-bond donors (Lipinski definition) is 0. The number of anilines is 1. The van der Waals surface area contributed by atoms with Crippen LogP contribution in [0.1, 0.15) is 37.4 Å². The van der Waals surface area contributed by atoms with Crippen molar-refractivity contribution in [2.45, 2.75) is 38.1 Å². The first-order valence-corrected chi connectivity index (χ1v) is 14.1. The van der Waals surface area contributed by atoms with Crippen LogP contribution in [0.4, 0.5) is 5.82 Å². The van der Waals surface area contributed by atoms with Crippen molar-refractivity contribution in [3.05, 3.63) is 58.1 Å². The number of aromatic nitrogens is 3. The quantitative estimate of drug-likeness (QED) is 0.355. The Labute approximate surface area is 226 Å². The first-order chi connectivity index (χ1) is 18.0. The molecular weight excluding hydrogens is 507 g/mol. The highest BCUT2D eigenvalue weighted by molar-refractivity contribution is 6.32. The van der Waals surface area contributed by atoms with Gasteiger partial charge in [0.2, 0.25) is 11.2 Å². The van der Waals surface area contributed by atoms with Crippen molar-refractivity contribution < 1.29 is 4.79 Å². The Morgan fingerprint density at radius 2 is 1.86 bits per heavy atom. The highest BCUT2D eigenvalue weighted by Gasteiger charge is 2.66. The van der Waals surface area contributed by atoms with Crippen LogP contribution in [0.2, 0.25) is 10.4 Å². The molecule has 7 nitrogen and oxygen atoms in total. The van der Waals surface area contributed by atoms with Gasteiger partial charge in [0.05, 0.1) is 11.2 Å². The molecule has 7 rings (SSSR count). The van der Waals surface area contributed by atoms with Gasteiger partial charge in [0, 0.05) is 55.8 Å². The molecule has 37 heavy (non-hydrogen) atoms. The fourth-order valence-electron chi connectivity index (χ4n) is 7.62. The number of hydrogen-bond acceptors (Lipinski definition) is 5. The second kappa shape index (κ2) is 8.45. The van der Waals surface area contributed by atoms with E-state index in [2.05, 4.69) is 72.7 Å². The molecule has 2 aromatic heterocycles. The van der Waals surface area contributed by atoms with E-state index >= 15 is 4.79 Å². The first-order valence-electron chi connectivity index (χ1n) is 13.3. The molecule has 2 saturated heterocycles. The van der Waals surface area contributed by atoms with Crippen LogP contribution >= 0.6 is 23.2 Å². The number of amides is 1. The second-order valence-corrected chi connectivity index (χ2v) is 11.4. The summed E-state index contributed by atoms with van der Waals surface area (Å²) >= 11 is 12.2. The lowest BCUT2D eigenvalue weighted by Crippen LogP contribution is -2.71. The van der Waals surface area contributed by atoms with Crippen molar-refractivity contribution in [2.75, 3.05) is 44.2 Å². The van der Waals surface area contributed by atoms with Gasteiger partial charge in [-0.05, 0) is 55.5 Å². The Balaban J connectivity index is 1.32. The molecule has 0 aliphatic carbocycles. The van der Waals surface area contributed by atoms with Gasteiger partial charge in [-0.15, -0.1) is 0 Å². The van der Waals surface area contributed by atoms with Crippen molar-refractivity contribution in [3.8, 4) is 0 Å². The van der Waals surface area contributed by atoms with Crippen LogP contribution in [-0.4, -0.2) is 69.5 Å².